The van der Waals surface area contributed by atoms with Crippen molar-refractivity contribution in [3.8, 4) is 0 Å². The third-order valence-electron chi connectivity index (χ3n) is 1.69. The van der Waals surface area contributed by atoms with E-state index in [0.29, 0.717) is 0 Å². The van der Waals surface area contributed by atoms with E-state index in [1.807, 2.05) is 13.8 Å². The van der Waals surface area contributed by atoms with Gasteiger partial charge in [0.25, 0.3) is 0 Å². The molecule has 0 amide bonds. The second-order valence-corrected chi connectivity index (χ2v) is 6.17. The largest absolute Gasteiger partial charge is 0.570 e. The molecule has 0 atom stereocenters. The zero-order valence-corrected chi connectivity index (χ0v) is 9.49. The number of rotatable bonds is 5. The third kappa shape index (κ3) is 2.95. The van der Waals surface area contributed by atoms with Crippen LogP contribution in [0.5, 0.6) is 0 Å². The quantitative estimate of drug-likeness (QED) is 0.501. The monoisotopic (exact) mass is 204 g/mol. The molecule has 0 heterocycles. The SMILES string of the molecule is C=CC(=O)O[Si](OC)(OC)C(C)C. The van der Waals surface area contributed by atoms with Crippen molar-refractivity contribution in [3.63, 3.8) is 0 Å². The highest BCUT2D eigenvalue weighted by Crippen LogP contribution is 2.23. The highest BCUT2D eigenvalue weighted by atomic mass is 28.4. The Labute approximate surface area is 79.9 Å². The van der Waals surface area contributed by atoms with Crippen LogP contribution in [0.25, 0.3) is 0 Å². The molecule has 4 nitrogen and oxygen atoms in total. The van der Waals surface area contributed by atoms with Crippen molar-refractivity contribution in [1.29, 1.82) is 0 Å². The van der Waals surface area contributed by atoms with Gasteiger partial charge in [-0.15, -0.1) is 0 Å². The summed E-state index contributed by atoms with van der Waals surface area (Å²) >= 11 is 0. The maximum absolute atomic E-state index is 11.0. The maximum Gasteiger partial charge on any atom is 0.570 e. The highest BCUT2D eigenvalue weighted by Gasteiger charge is 2.46. The fourth-order valence-corrected chi connectivity index (χ4v) is 2.81. The van der Waals surface area contributed by atoms with E-state index in [-0.39, 0.29) is 5.54 Å². The zero-order chi connectivity index (χ0) is 10.5. The number of carbonyl (C=O) groups excluding carboxylic acids is 1. The van der Waals surface area contributed by atoms with Gasteiger partial charge < -0.3 is 13.3 Å². The summed E-state index contributed by atoms with van der Waals surface area (Å²) in [6.07, 6.45) is 1.10. The van der Waals surface area contributed by atoms with Gasteiger partial charge in [-0.2, -0.15) is 0 Å². The fourth-order valence-electron chi connectivity index (χ4n) is 0.938. The summed E-state index contributed by atoms with van der Waals surface area (Å²) in [4.78, 5) is 11.0. The molecule has 0 spiro atoms. The van der Waals surface area contributed by atoms with Crippen LogP contribution in [0.3, 0.4) is 0 Å². The number of hydrogen-bond donors (Lipinski definition) is 0. The van der Waals surface area contributed by atoms with Crippen molar-refractivity contribution < 1.29 is 18.1 Å². The summed E-state index contributed by atoms with van der Waals surface area (Å²) in [5.41, 5.74) is 0.0337. The highest BCUT2D eigenvalue weighted by molar-refractivity contribution is 6.64. The Morgan fingerprint density at radius 2 is 1.85 bits per heavy atom. The number of hydrogen-bond acceptors (Lipinski definition) is 4. The molecule has 0 radical (unpaired) electrons. The lowest BCUT2D eigenvalue weighted by Crippen LogP contribution is -2.48. The van der Waals surface area contributed by atoms with E-state index in [4.69, 9.17) is 13.3 Å². The summed E-state index contributed by atoms with van der Waals surface area (Å²) < 4.78 is 15.4. The van der Waals surface area contributed by atoms with Gasteiger partial charge in [0.15, 0.2) is 0 Å². The maximum atomic E-state index is 11.0. The molecular weight excluding hydrogens is 188 g/mol. The average molecular weight is 204 g/mol. The van der Waals surface area contributed by atoms with Crippen LogP contribution in [-0.2, 0) is 18.1 Å². The molecule has 0 fully saturated rings. The molecule has 0 saturated carbocycles. The minimum Gasteiger partial charge on any atom is -0.470 e. The summed E-state index contributed by atoms with van der Waals surface area (Å²) in [5.74, 6) is -0.510. The minimum absolute atomic E-state index is 0.0337. The molecule has 0 N–H and O–H groups in total. The van der Waals surface area contributed by atoms with Crippen LogP contribution in [0.15, 0.2) is 12.7 Å². The first kappa shape index (κ1) is 12.3. The summed E-state index contributed by atoms with van der Waals surface area (Å²) in [5, 5.41) is 0. The molecule has 0 aromatic rings. The van der Waals surface area contributed by atoms with Gasteiger partial charge in [-0.1, -0.05) is 20.4 Å². The van der Waals surface area contributed by atoms with Crippen LogP contribution >= 0.6 is 0 Å². The van der Waals surface area contributed by atoms with Crippen molar-refractivity contribution in [2.45, 2.75) is 19.4 Å². The normalized spacial score (nSPS) is 11.5. The molecule has 13 heavy (non-hydrogen) atoms. The van der Waals surface area contributed by atoms with Crippen molar-refractivity contribution in [2.75, 3.05) is 14.2 Å². The lowest BCUT2D eigenvalue weighted by atomic mass is 10.6. The van der Waals surface area contributed by atoms with Crippen LogP contribution in [-0.4, -0.2) is 29.0 Å². The third-order valence-corrected chi connectivity index (χ3v) is 4.72. The molecule has 0 aromatic heterocycles. The Hall–Kier alpha value is -0.653. The van der Waals surface area contributed by atoms with E-state index < -0.39 is 14.8 Å². The molecule has 0 aliphatic carbocycles. The molecule has 0 aliphatic rings. The lowest BCUT2D eigenvalue weighted by molar-refractivity contribution is -0.133. The molecule has 5 heteroatoms. The predicted octanol–water partition coefficient (Wildman–Crippen LogP) is 1.36. The Balaban J connectivity index is 4.57. The number of carbonyl (C=O) groups is 1. The van der Waals surface area contributed by atoms with Crippen LogP contribution < -0.4 is 0 Å². The molecular formula is C8H16O4Si. The Morgan fingerprint density at radius 3 is 2.08 bits per heavy atom. The van der Waals surface area contributed by atoms with Gasteiger partial charge in [0, 0.05) is 25.8 Å². The van der Waals surface area contributed by atoms with E-state index in [2.05, 4.69) is 6.58 Å². The topological polar surface area (TPSA) is 44.8 Å². The van der Waals surface area contributed by atoms with Gasteiger partial charge in [-0.25, -0.2) is 4.79 Å². The molecule has 0 unspecified atom stereocenters. The Kier molecular flexibility index (Phi) is 4.90. The fraction of sp³-hybridized carbons (Fsp3) is 0.625. The predicted molar refractivity (Wildman–Crippen MR) is 51.2 cm³/mol. The van der Waals surface area contributed by atoms with Gasteiger partial charge in [-0.05, 0) is 0 Å². The van der Waals surface area contributed by atoms with Crippen LogP contribution in [0.1, 0.15) is 13.8 Å². The summed E-state index contributed by atoms with van der Waals surface area (Å²) in [7, 11) is 0.131. The zero-order valence-electron chi connectivity index (χ0n) is 8.49. The second kappa shape index (κ2) is 5.16. The molecule has 0 aliphatic heterocycles. The van der Waals surface area contributed by atoms with Crippen molar-refractivity contribution >= 4 is 14.8 Å². The lowest BCUT2D eigenvalue weighted by Gasteiger charge is -2.28. The van der Waals surface area contributed by atoms with E-state index >= 15 is 0 Å². The van der Waals surface area contributed by atoms with Crippen LogP contribution in [0, 0.1) is 0 Å². The molecule has 0 saturated heterocycles. The molecule has 0 rings (SSSR count). The van der Waals surface area contributed by atoms with Gasteiger partial charge in [-0.3, -0.25) is 0 Å². The van der Waals surface area contributed by atoms with E-state index in [1.165, 1.54) is 14.2 Å². The average Bonchev–Trinajstić information content (AvgIpc) is 2.13. The second-order valence-electron chi connectivity index (χ2n) is 2.79. The smallest absolute Gasteiger partial charge is 0.470 e. The van der Waals surface area contributed by atoms with E-state index in [0.717, 1.165) is 6.08 Å². The first-order valence-corrected chi connectivity index (χ1v) is 5.78. The van der Waals surface area contributed by atoms with Gasteiger partial charge >= 0.3 is 14.8 Å². The molecule has 76 valence electrons. The Bertz CT molecular complexity index is 187. The van der Waals surface area contributed by atoms with Gasteiger partial charge in [0.05, 0.1) is 0 Å². The van der Waals surface area contributed by atoms with E-state index in [1.54, 1.807) is 0 Å². The van der Waals surface area contributed by atoms with Crippen LogP contribution in [0.2, 0.25) is 5.54 Å². The summed E-state index contributed by atoms with van der Waals surface area (Å²) in [6, 6.07) is 0. The molecule has 0 bridgehead atoms. The molecule has 0 aromatic carbocycles. The van der Waals surface area contributed by atoms with Crippen LogP contribution in [0.4, 0.5) is 0 Å². The first-order valence-electron chi connectivity index (χ1n) is 3.98. The summed E-state index contributed by atoms with van der Waals surface area (Å²) in [6.45, 7) is 7.08. The van der Waals surface area contributed by atoms with Gasteiger partial charge in [0.1, 0.15) is 0 Å². The van der Waals surface area contributed by atoms with Crippen molar-refractivity contribution in [2.24, 2.45) is 0 Å². The standard InChI is InChI=1S/C8H16O4Si/c1-6-8(9)12-13(10-4,11-5)7(2)3/h6-7H,1H2,2-5H3. The minimum atomic E-state index is -2.83. The van der Waals surface area contributed by atoms with Gasteiger partial charge in [0.2, 0.25) is 0 Å². The van der Waals surface area contributed by atoms with Crippen molar-refractivity contribution in [3.05, 3.63) is 12.7 Å². The van der Waals surface area contributed by atoms with Crippen molar-refractivity contribution in [1.82, 2.24) is 0 Å². The van der Waals surface area contributed by atoms with E-state index in [9.17, 15) is 4.79 Å². The first-order chi connectivity index (χ1) is 6.02. The Morgan fingerprint density at radius 1 is 1.38 bits per heavy atom.